The molecule has 0 aliphatic carbocycles. The van der Waals surface area contributed by atoms with Crippen molar-refractivity contribution in [3.8, 4) is 0 Å². The maximum absolute atomic E-state index is 11.3. The summed E-state index contributed by atoms with van der Waals surface area (Å²) in [7, 11) is 0. The minimum Gasteiger partial charge on any atom is -0.269 e. The van der Waals surface area contributed by atoms with Gasteiger partial charge in [0.2, 0.25) is 0 Å². The predicted octanol–water partition coefficient (Wildman–Crippen LogP) is 0.789. The van der Waals surface area contributed by atoms with Crippen LogP contribution in [0.2, 0.25) is 0 Å². The van der Waals surface area contributed by atoms with E-state index in [9.17, 15) is 9.59 Å². The molecule has 0 spiro atoms. The Hall–Kier alpha value is -0.590. The van der Waals surface area contributed by atoms with E-state index in [0.717, 1.165) is 0 Å². The lowest BCUT2D eigenvalue weighted by Crippen LogP contribution is -2.37. The minimum atomic E-state index is -0.280. The lowest BCUT2D eigenvalue weighted by atomic mass is 10.4. The van der Waals surface area contributed by atoms with Gasteiger partial charge in [0.05, 0.1) is 22.9 Å². The summed E-state index contributed by atoms with van der Waals surface area (Å²) in [6.45, 7) is 3.61. The van der Waals surface area contributed by atoms with Crippen LogP contribution in [-0.2, 0) is 0 Å². The molecule has 0 fully saturated rings. The second kappa shape index (κ2) is 3.42. The summed E-state index contributed by atoms with van der Waals surface area (Å²) < 4.78 is 2.58. The average Bonchev–Trinajstić information content (AvgIpc) is 1.97. The second-order valence-electron chi connectivity index (χ2n) is 2.71. The maximum atomic E-state index is 11.3. The number of rotatable bonds is 1. The fourth-order valence-corrected chi connectivity index (χ4v) is 1.34. The van der Waals surface area contributed by atoms with E-state index in [1.165, 1.54) is 19.6 Å². The zero-order chi connectivity index (χ0) is 9.30. The summed E-state index contributed by atoms with van der Waals surface area (Å²) in [5.74, 6) is 0. The van der Waals surface area contributed by atoms with Crippen LogP contribution in [-0.4, -0.2) is 7.35 Å². The van der Waals surface area contributed by atoms with Crippen LogP contribution >= 0.6 is 22.9 Å². The molecule has 1 rings (SSSR count). The van der Waals surface area contributed by atoms with Gasteiger partial charge in [0, 0.05) is 18.3 Å². The van der Waals surface area contributed by atoms with Gasteiger partial charge < -0.3 is 0 Å². The van der Waals surface area contributed by atoms with Crippen LogP contribution in [0.1, 0.15) is 19.9 Å². The predicted molar refractivity (Wildman–Crippen MR) is 54.8 cm³/mol. The molecule has 0 amide bonds. The number of nitrogens with zero attached hydrogens (tertiary/aromatic N) is 2. The highest BCUT2D eigenvalue weighted by Crippen LogP contribution is 1.94. The van der Waals surface area contributed by atoms with Crippen molar-refractivity contribution in [1.29, 1.82) is 0 Å². The highest BCUT2D eigenvalue weighted by atomic mass is 127. The first kappa shape index (κ1) is 9.50. The first-order valence-corrected chi connectivity index (χ1v) is 4.51. The SMILES string of the molecule is CC(C)n1c(=O)ccn(I)c1=O. The third-order valence-corrected chi connectivity index (χ3v) is 2.22. The average molecular weight is 280 g/mol. The number of halogens is 1. The molecule has 1 aromatic rings. The molecule has 0 aliphatic rings. The third-order valence-electron chi connectivity index (χ3n) is 1.49. The Morgan fingerprint density at radius 3 is 2.42 bits per heavy atom. The van der Waals surface area contributed by atoms with E-state index in [1.807, 2.05) is 22.9 Å². The van der Waals surface area contributed by atoms with Gasteiger partial charge in [-0.1, -0.05) is 0 Å². The van der Waals surface area contributed by atoms with Gasteiger partial charge in [-0.15, -0.1) is 0 Å². The normalized spacial score (nSPS) is 10.7. The molecular formula is C7H9IN2O2. The molecule has 4 nitrogen and oxygen atoms in total. The molecule has 5 heteroatoms. The molecule has 0 atom stereocenters. The van der Waals surface area contributed by atoms with Gasteiger partial charge in [0.1, 0.15) is 0 Å². The monoisotopic (exact) mass is 280 g/mol. The first-order chi connectivity index (χ1) is 5.54. The lowest BCUT2D eigenvalue weighted by molar-refractivity contribution is 0.544. The first-order valence-electron chi connectivity index (χ1n) is 3.54. The zero-order valence-corrected chi connectivity index (χ0v) is 8.98. The summed E-state index contributed by atoms with van der Waals surface area (Å²) >= 11 is 1.84. The fourth-order valence-electron chi connectivity index (χ4n) is 0.946. The number of hydrogen-bond donors (Lipinski definition) is 0. The van der Waals surface area contributed by atoms with Crippen molar-refractivity contribution in [2.75, 3.05) is 0 Å². The van der Waals surface area contributed by atoms with Crippen LogP contribution in [0.3, 0.4) is 0 Å². The summed E-state index contributed by atoms with van der Waals surface area (Å²) in [5, 5.41) is 0. The number of aromatic nitrogens is 2. The molecule has 12 heavy (non-hydrogen) atoms. The molecule has 0 aliphatic heterocycles. The van der Waals surface area contributed by atoms with Gasteiger partial charge in [0.25, 0.3) is 5.56 Å². The largest absolute Gasteiger partial charge is 0.340 e. The molecule has 0 unspecified atom stereocenters. The van der Waals surface area contributed by atoms with Gasteiger partial charge in [-0.25, -0.2) is 7.58 Å². The van der Waals surface area contributed by atoms with Gasteiger partial charge >= 0.3 is 5.69 Å². The number of hydrogen-bond acceptors (Lipinski definition) is 2. The Bertz CT molecular complexity index is 391. The van der Waals surface area contributed by atoms with Crippen LogP contribution in [0.15, 0.2) is 21.9 Å². The fraction of sp³-hybridized carbons (Fsp3) is 0.429. The summed E-state index contributed by atoms with van der Waals surface area (Å²) in [6.07, 6.45) is 1.46. The molecule has 1 heterocycles. The van der Waals surface area contributed by atoms with E-state index in [-0.39, 0.29) is 17.3 Å². The van der Waals surface area contributed by atoms with E-state index in [1.54, 1.807) is 13.8 Å². The lowest BCUT2D eigenvalue weighted by Gasteiger charge is -2.07. The summed E-state index contributed by atoms with van der Waals surface area (Å²) in [4.78, 5) is 22.5. The van der Waals surface area contributed by atoms with Gasteiger partial charge in [-0.3, -0.25) is 9.36 Å². The summed E-state index contributed by atoms with van der Waals surface area (Å²) in [5.41, 5.74) is -0.527. The minimum absolute atomic E-state index is 0.0905. The van der Waals surface area contributed by atoms with E-state index in [4.69, 9.17) is 0 Å². The van der Waals surface area contributed by atoms with Crippen LogP contribution in [0, 0.1) is 0 Å². The van der Waals surface area contributed by atoms with Crippen molar-refractivity contribution in [1.82, 2.24) is 7.35 Å². The molecule has 66 valence electrons. The maximum Gasteiger partial charge on any atom is 0.340 e. The third kappa shape index (κ3) is 1.60. The molecule has 0 saturated carbocycles. The highest BCUT2D eigenvalue weighted by molar-refractivity contribution is 14.1. The highest BCUT2D eigenvalue weighted by Gasteiger charge is 2.05. The Labute approximate surface area is 83.3 Å². The Morgan fingerprint density at radius 2 is 2.00 bits per heavy atom. The van der Waals surface area contributed by atoms with E-state index in [2.05, 4.69) is 0 Å². The van der Waals surface area contributed by atoms with Crippen LogP contribution < -0.4 is 11.2 Å². The standard InChI is InChI=1S/C7H9IN2O2/c1-5(2)10-6(11)3-4-9(8)7(10)12/h3-5H,1-2H3. The smallest absolute Gasteiger partial charge is 0.269 e. The topological polar surface area (TPSA) is 44.0 Å². The van der Waals surface area contributed by atoms with E-state index >= 15 is 0 Å². The molecule has 0 radical (unpaired) electrons. The van der Waals surface area contributed by atoms with Crippen molar-refractivity contribution in [2.24, 2.45) is 0 Å². The molecule has 1 aromatic heterocycles. The van der Waals surface area contributed by atoms with Crippen molar-refractivity contribution in [3.05, 3.63) is 33.1 Å². The van der Waals surface area contributed by atoms with Crippen LogP contribution in [0.5, 0.6) is 0 Å². The quantitative estimate of drug-likeness (QED) is 0.714. The Morgan fingerprint density at radius 1 is 1.42 bits per heavy atom. The van der Waals surface area contributed by atoms with Crippen molar-refractivity contribution < 1.29 is 0 Å². The zero-order valence-electron chi connectivity index (χ0n) is 6.82. The van der Waals surface area contributed by atoms with E-state index < -0.39 is 0 Å². The van der Waals surface area contributed by atoms with Gasteiger partial charge in [0.15, 0.2) is 0 Å². The van der Waals surface area contributed by atoms with E-state index in [0.29, 0.717) is 0 Å². The van der Waals surface area contributed by atoms with Crippen molar-refractivity contribution in [3.63, 3.8) is 0 Å². The van der Waals surface area contributed by atoms with Crippen LogP contribution in [0.4, 0.5) is 0 Å². The summed E-state index contributed by atoms with van der Waals surface area (Å²) in [6, 6.07) is 1.29. The molecule has 0 N–H and O–H groups in total. The van der Waals surface area contributed by atoms with Crippen molar-refractivity contribution in [2.45, 2.75) is 19.9 Å². The molecule has 0 bridgehead atoms. The van der Waals surface area contributed by atoms with Crippen LogP contribution in [0.25, 0.3) is 0 Å². The Kier molecular flexibility index (Phi) is 2.71. The Balaban J connectivity index is 3.55. The van der Waals surface area contributed by atoms with Crippen molar-refractivity contribution >= 4 is 22.9 Å². The van der Waals surface area contributed by atoms with Gasteiger partial charge in [-0.2, -0.15) is 0 Å². The molecule has 0 aromatic carbocycles. The molecular weight excluding hydrogens is 271 g/mol. The van der Waals surface area contributed by atoms with Gasteiger partial charge in [-0.05, 0) is 13.8 Å². The second-order valence-corrected chi connectivity index (χ2v) is 3.75. The molecule has 0 saturated heterocycles.